The molecule has 3 nitrogen and oxygen atoms in total. The van der Waals surface area contributed by atoms with Crippen LogP contribution in [0.25, 0.3) is 11.3 Å². The molecule has 0 saturated heterocycles. The molecule has 3 rings (SSSR count). The predicted octanol–water partition coefficient (Wildman–Crippen LogP) is 6.25. The van der Waals surface area contributed by atoms with Crippen molar-refractivity contribution in [2.45, 2.75) is 26.2 Å². The first-order valence-electron chi connectivity index (χ1n) is 8.33. The Kier molecular flexibility index (Phi) is 6.30. The Balaban J connectivity index is 1.64. The third-order valence-electron chi connectivity index (χ3n) is 3.89. The molecule has 6 heteroatoms. The van der Waals surface area contributed by atoms with Crippen molar-refractivity contribution in [1.29, 1.82) is 0 Å². The number of aryl methyl sites for hydroxylation is 1. The van der Waals surface area contributed by atoms with E-state index in [2.05, 4.69) is 41.5 Å². The molecule has 0 aliphatic heterocycles. The smallest absolute Gasteiger partial charge is 0.230 e. The average Bonchev–Trinajstić information content (AvgIpc) is 3.07. The molecule has 26 heavy (non-hydrogen) atoms. The van der Waals surface area contributed by atoms with Gasteiger partial charge in [-0.3, -0.25) is 4.79 Å². The summed E-state index contributed by atoms with van der Waals surface area (Å²) in [5, 5.41) is 6.29. The Labute approximate surface area is 167 Å². The molecular formula is C20H18Cl2N2OS. The second kappa shape index (κ2) is 8.67. The first-order valence-corrected chi connectivity index (χ1v) is 9.97. The Hall–Kier alpha value is -1.88. The van der Waals surface area contributed by atoms with Crippen molar-refractivity contribution < 1.29 is 4.79 Å². The van der Waals surface area contributed by atoms with Crippen LogP contribution < -0.4 is 5.32 Å². The fraction of sp³-hybridized carbons (Fsp3) is 0.200. The van der Waals surface area contributed by atoms with Crippen molar-refractivity contribution in [3.8, 4) is 11.3 Å². The van der Waals surface area contributed by atoms with Crippen LogP contribution in [-0.4, -0.2) is 10.9 Å². The van der Waals surface area contributed by atoms with E-state index in [0.29, 0.717) is 15.2 Å². The number of amides is 1. The van der Waals surface area contributed by atoms with Crippen LogP contribution in [0.4, 0.5) is 5.13 Å². The summed E-state index contributed by atoms with van der Waals surface area (Å²) in [5.41, 5.74) is 4.04. The fourth-order valence-electron chi connectivity index (χ4n) is 2.59. The largest absolute Gasteiger partial charge is 0.302 e. The second-order valence-corrected chi connectivity index (χ2v) is 7.63. The number of hydrogen-bond donors (Lipinski definition) is 1. The van der Waals surface area contributed by atoms with Crippen molar-refractivity contribution >= 4 is 45.6 Å². The van der Waals surface area contributed by atoms with Gasteiger partial charge in [-0.1, -0.05) is 66.9 Å². The number of benzene rings is 2. The van der Waals surface area contributed by atoms with Gasteiger partial charge in [-0.05, 0) is 29.7 Å². The van der Waals surface area contributed by atoms with Crippen LogP contribution in [0.5, 0.6) is 0 Å². The van der Waals surface area contributed by atoms with Crippen LogP contribution in [0.3, 0.4) is 0 Å². The van der Waals surface area contributed by atoms with Gasteiger partial charge in [0.25, 0.3) is 0 Å². The number of carbonyl (C=O) groups excluding carboxylic acids is 1. The van der Waals surface area contributed by atoms with Crippen LogP contribution in [0, 0.1) is 0 Å². The topological polar surface area (TPSA) is 42.0 Å². The van der Waals surface area contributed by atoms with E-state index >= 15 is 0 Å². The summed E-state index contributed by atoms with van der Waals surface area (Å²) in [7, 11) is 0. The number of rotatable bonds is 6. The number of thiazole rings is 1. The number of aromatic nitrogens is 1. The number of hydrogen-bond acceptors (Lipinski definition) is 3. The van der Waals surface area contributed by atoms with Crippen LogP contribution in [0.1, 0.15) is 24.5 Å². The van der Waals surface area contributed by atoms with Gasteiger partial charge < -0.3 is 5.32 Å². The molecule has 0 saturated carbocycles. The standard InChI is InChI=1S/C20H18Cl2N2OS/c1-2-3-13-4-7-15(8-5-13)18-12-26-20(23-18)24-19(25)11-14-6-9-16(21)17(22)10-14/h4-10,12H,2-3,11H2,1H3,(H,23,24,25). The minimum absolute atomic E-state index is 0.136. The number of nitrogens with one attached hydrogen (secondary N) is 1. The zero-order valence-electron chi connectivity index (χ0n) is 14.3. The Morgan fingerprint density at radius 3 is 2.50 bits per heavy atom. The highest BCUT2D eigenvalue weighted by atomic mass is 35.5. The molecule has 1 heterocycles. The SMILES string of the molecule is CCCc1ccc(-c2csc(NC(=O)Cc3ccc(Cl)c(Cl)c3)n2)cc1. The van der Waals surface area contributed by atoms with E-state index in [1.165, 1.54) is 16.9 Å². The van der Waals surface area contributed by atoms with Gasteiger partial charge in [-0.25, -0.2) is 4.98 Å². The van der Waals surface area contributed by atoms with E-state index in [4.69, 9.17) is 23.2 Å². The summed E-state index contributed by atoms with van der Waals surface area (Å²) in [6.45, 7) is 2.17. The number of anilines is 1. The van der Waals surface area contributed by atoms with Gasteiger partial charge in [0.2, 0.25) is 5.91 Å². The van der Waals surface area contributed by atoms with E-state index < -0.39 is 0 Å². The quantitative estimate of drug-likeness (QED) is 0.527. The summed E-state index contributed by atoms with van der Waals surface area (Å²) < 4.78 is 0. The highest BCUT2D eigenvalue weighted by Crippen LogP contribution is 2.26. The summed E-state index contributed by atoms with van der Waals surface area (Å²) >= 11 is 13.3. The van der Waals surface area contributed by atoms with Gasteiger partial charge in [0.1, 0.15) is 0 Å². The van der Waals surface area contributed by atoms with E-state index in [0.717, 1.165) is 29.7 Å². The molecule has 1 aromatic heterocycles. The van der Waals surface area contributed by atoms with Crippen LogP contribution in [0.2, 0.25) is 10.0 Å². The molecule has 0 aliphatic rings. The second-order valence-electron chi connectivity index (χ2n) is 5.96. The maximum atomic E-state index is 12.2. The molecule has 134 valence electrons. The Bertz CT molecular complexity index is 906. The Morgan fingerprint density at radius 2 is 1.81 bits per heavy atom. The number of halogens is 2. The van der Waals surface area contributed by atoms with Crippen LogP contribution >= 0.6 is 34.5 Å². The monoisotopic (exact) mass is 404 g/mol. The van der Waals surface area contributed by atoms with Crippen LogP contribution in [-0.2, 0) is 17.6 Å². The summed E-state index contributed by atoms with van der Waals surface area (Å²) in [6, 6.07) is 13.6. The van der Waals surface area contributed by atoms with Crippen molar-refractivity contribution in [2.75, 3.05) is 5.32 Å². The molecule has 0 unspecified atom stereocenters. The molecule has 0 atom stereocenters. The van der Waals surface area contributed by atoms with Gasteiger partial charge in [0.05, 0.1) is 22.2 Å². The number of carbonyl (C=O) groups is 1. The molecule has 1 N–H and O–H groups in total. The zero-order valence-corrected chi connectivity index (χ0v) is 16.6. The van der Waals surface area contributed by atoms with Gasteiger partial charge >= 0.3 is 0 Å². The first-order chi connectivity index (χ1) is 12.5. The maximum absolute atomic E-state index is 12.2. The van der Waals surface area contributed by atoms with Crippen molar-refractivity contribution in [1.82, 2.24) is 4.98 Å². The van der Waals surface area contributed by atoms with Gasteiger partial charge in [0, 0.05) is 10.9 Å². The normalized spacial score (nSPS) is 10.7. The summed E-state index contributed by atoms with van der Waals surface area (Å²) in [6.07, 6.45) is 2.43. The zero-order chi connectivity index (χ0) is 18.5. The number of nitrogens with zero attached hydrogens (tertiary/aromatic N) is 1. The van der Waals surface area contributed by atoms with E-state index in [1.807, 2.05) is 5.38 Å². The minimum Gasteiger partial charge on any atom is -0.302 e. The lowest BCUT2D eigenvalue weighted by molar-refractivity contribution is -0.115. The van der Waals surface area contributed by atoms with E-state index in [-0.39, 0.29) is 12.3 Å². The van der Waals surface area contributed by atoms with Gasteiger partial charge in [-0.15, -0.1) is 11.3 Å². The molecule has 0 aliphatic carbocycles. The molecule has 0 radical (unpaired) electrons. The predicted molar refractivity (Wildman–Crippen MR) is 110 cm³/mol. The average molecular weight is 405 g/mol. The lowest BCUT2D eigenvalue weighted by atomic mass is 10.1. The van der Waals surface area contributed by atoms with E-state index in [9.17, 15) is 4.79 Å². The van der Waals surface area contributed by atoms with Gasteiger partial charge in [-0.2, -0.15) is 0 Å². The highest BCUT2D eigenvalue weighted by molar-refractivity contribution is 7.14. The molecule has 0 bridgehead atoms. The molecule has 2 aromatic carbocycles. The molecule has 0 fully saturated rings. The van der Waals surface area contributed by atoms with Crippen molar-refractivity contribution in [3.05, 3.63) is 69.0 Å². The minimum atomic E-state index is -0.136. The van der Waals surface area contributed by atoms with Crippen molar-refractivity contribution in [3.63, 3.8) is 0 Å². The Morgan fingerprint density at radius 1 is 1.08 bits per heavy atom. The molecular weight excluding hydrogens is 387 g/mol. The molecule has 3 aromatic rings. The molecule has 0 spiro atoms. The summed E-state index contributed by atoms with van der Waals surface area (Å²) in [4.78, 5) is 16.7. The lowest BCUT2D eigenvalue weighted by Gasteiger charge is -2.04. The molecule has 1 amide bonds. The maximum Gasteiger partial charge on any atom is 0.230 e. The first kappa shape index (κ1) is 18.9. The van der Waals surface area contributed by atoms with E-state index in [1.54, 1.807) is 18.2 Å². The highest BCUT2D eigenvalue weighted by Gasteiger charge is 2.10. The third-order valence-corrected chi connectivity index (χ3v) is 5.38. The van der Waals surface area contributed by atoms with Gasteiger partial charge in [0.15, 0.2) is 5.13 Å². The van der Waals surface area contributed by atoms with Crippen LogP contribution in [0.15, 0.2) is 47.8 Å². The third kappa shape index (κ3) is 4.85. The van der Waals surface area contributed by atoms with Crippen molar-refractivity contribution in [2.24, 2.45) is 0 Å². The fourth-order valence-corrected chi connectivity index (χ4v) is 3.65. The lowest BCUT2D eigenvalue weighted by Crippen LogP contribution is -2.14. The summed E-state index contributed by atoms with van der Waals surface area (Å²) in [5.74, 6) is -0.136.